The predicted molar refractivity (Wildman–Crippen MR) is 55.9 cm³/mol. The number of hydrogen-bond acceptors (Lipinski definition) is 3. The van der Waals surface area contributed by atoms with Gasteiger partial charge in [0.1, 0.15) is 11.5 Å². The van der Waals surface area contributed by atoms with Crippen LogP contribution in [0.15, 0.2) is 33.6 Å². The Bertz CT molecular complexity index is 758. The van der Waals surface area contributed by atoms with E-state index in [1.54, 1.807) is 19.1 Å². The highest BCUT2D eigenvalue weighted by atomic mass is 19.1. The summed E-state index contributed by atoms with van der Waals surface area (Å²) in [6.45, 7) is 1.73. The maximum Gasteiger partial charge on any atom is 0.445 e. The second kappa shape index (κ2) is 2.91. The Kier molecular flexibility index (Phi) is 1.65. The molecule has 0 amide bonds. The molecule has 5 heteroatoms. The summed E-state index contributed by atoms with van der Waals surface area (Å²) in [5.74, 6) is -0.902. The Morgan fingerprint density at radius 3 is 2.94 bits per heavy atom. The average Bonchev–Trinajstić information content (AvgIpc) is 2.63. The molecule has 0 aliphatic heterocycles. The van der Waals surface area contributed by atoms with Gasteiger partial charge in [-0.2, -0.15) is 0 Å². The SMILES string of the molecule is Cc1noc(=O)n2c1cc1cc(F)ccc12. The van der Waals surface area contributed by atoms with Crippen molar-refractivity contribution >= 4 is 16.4 Å². The van der Waals surface area contributed by atoms with E-state index in [4.69, 9.17) is 0 Å². The summed E-state index contributed by atoms with van der Waals surface area (Å²) in [7, 11) is 0. The largest absolute Gasteiger partial charge is 0.445 e. The quantitative estimate of drug-likeness (QED) is 0.578. The molecule has 0 radical (unpaired) electrons. The van der Waals surface area contributed by atoms with Crippen molar-refractivity contribution in [1.29, 1.82) is 0 Å². The zero-order valence-electron chi connectivity index (χ0n) is 8.40. The molecular weight excluding hydrogens is 211 g/mol. The van der Waals surface area contributed by atoms with E-state index in [9.17, 15) is 9.18 Å². The molecule has 0 bridgehead atoms. The molecule has 0 unspecified atom stereocenters. The number of hydrogen-bond donors (Lipinski definition) is 0. The van der Waals surface area contributed by atoms with Crippen molar-refractivity contribution < 1.29 is 8.91 Å². The fraction of sp³-hybridized carbons (Fsp3) is 0.0909. The van der Waals surface area contributed by atoms with E-state index in [0.29, 0.717) is 22.1 Å². The lowest BCUT2D eigenvalue weighted by atomic mass is 10.2. The fourth-order valence-corrected chi connectivity index (χ4v) is 1.84. The lowest BCUT2D eigenvalue weighted by Gasteiger charge is -1.95. The zero-order valence-corrected chi connectivity index (χ0v) is 8.40. The second-order valence-electron chi connectivity index (χ2n) is 3.60. The van der Waals surface area contributed by atoms with Crippen molar-refractivity contribution in [3.05, 3.63) is 46.3 Å². The molecule has 0 aliphatic carbocycles. The van der Waals surface area contributed by atoms with Gasteiger partial charge < -0.3 is 0 Å². The minimum absolute atomic E-state index is 0.335. The van der Waals surface area contributed by atoms with Crippen molar-refractivity contribution in [2.24, 2.45) is 0 Å². The van der Waals surface area contributed by atoms with Crippen molar-refractivity contribution in [2.45, 2.75) is 6.92 Å². The van der Waals surface area contributed by atoms with Crippen LogP contribution in [0.3, 0.4) is 0 Å². The first-order valence-corrected chi connectivity index (χ1v) is 4.74. The summed E-state index contributed by atoms with van der Waals surface area (Å²) in [5, 5.41) is 4.28. The van der Waals surface area contributed by atoms with Crippen LogP contribution in [0.25, 0.3) is 16.4 Å². The molecule has 1 aromatic carbocycles. The minimum Gasteiger partial charge on any atom is -0.297 e. The smallest absolute Gasteiger partial charge is 0.297 e. The molecule has 0 N–H and O–H groups in total. The van der Waals surface area contributed by atoms with Gasteiger partial charge in [-0.15, -0.1) is 0 Å². The van der Waals surface area contributed by atoms with Crippen molar-refractivity contribution in [1.82, 2.24) is 9.56 Å². The van der Waals surface area contributed by atoms with E-state index >= 15 is 0 Å². The number of aryl methyl sites for hydroxylation is 1. The Morgan fingerprint density at radius 2 is 2.12 bits per heavy atom. The highest BCUT2D eigenvalue weighted by Crippen LogP contribution is 2.20. The second-order valence-corrected chi connectivity index (χ2v) is 3.60. The standard InChI is InChI=1S/C11H7FN2O2/c1-6-10-5-7-4-8(12)2-3-9(7)14(10)11(15)16-13-6/h2-5H,1H3. The average molecular weight is 218 g/mol. The van der Waals surface area contributed by atoms with E-state index in [1.165, 1.54) is 16.5 Å². The summed E-state index contributed by atoms with van der Waals surface area (Å²) >= 11 is 0. The van der Waals surface area contributed by atoms with Crippen LogP contribution in [-0.2, 0) is 0 Å². The molecule has 16 heavy (non-hydrogen) atoms. The zero-order chi connectivity index (χ0) is 11.3. The van der Waals surface area contributed by atoms with Crippen molar-refractivity contribution in [2.75, 3.05) is 0 Å². The summed E-state index contributed by atoms with van der Waals surface area (Å²) < 4.78 is 19.1. The summed E-state index contributed by atoms with van der Waals surface area (Å²) in [4.78, 5) is 11.5. The molecule has 4 nitrogen and oxygen atoms in total. The summed E-state index contributed by atoms with van der Waals surface area (Å²) in [6.07, 6.45) is 0. The Hall–Kier alpha value is -2.17. The van der Waals surface area contributed by atoms with E-state index < -0.39 is 5.76 Å². The molecule has 0 aliphatic rings. The molecule has 3 rings (SSSR count). The molecule has 0 saturated heterocycles. The monoisotopic (exact) mass is 218 g/mol. The van der Waals surface area contributed by atoms with Crippen LogP contribution in [-0.4, -0.2) is 9.56 Å². The fourth-order valence-electron chi connectivity index (χ4n) is 1.84. The predicted octanol–water partition coefficient (Wildman–Crippen LogP) is 1.89. The number of benzene rings is 1. The third kappa shape index (κ3) is 1.08. The van der Waals surface area contributed by atoms with E-state index in [0.717, 1.165) is 0 Å². The van der Waals surface area contributed by atoms with Gasteiger partial charge in [-0.1, -0.05) is 5.16 Å². The van der Waals surface area contributed by atoms with Crippen LogP contribution in [0.1, 0.15) is 5.69 Å². The van der Waals surface area contributed by atoms with Gasteiger partial charge in [0.2, 0.25) is 0 Å². The number of nitrogens with zero attached hydrogens (tertiary/aromatic N) is 2. The van der Waals surface area contributed by atoms with Gasteiger partial charge in [-0.25, -0.2) is 13.6 Å². The lowest BCUT2D eigenvalue weighted by Crippen LogP contribution is -2.12. The third-order valence-electron chi connectivity index (χ3n) is 2.58. The molecular formula is C11H7FN2O2. The number of rotatable bonds is 0. The third-order valence-corrected chi connectivity index (χ3v) is 2.58. The van der Waals surface area contributed by atoms with Crippen LogP contribution >= 0.6 is 0 Å². The van der Waals surface area contributed by atoms with Gasteiger partial charge in [-0.3, -0.25) is 4.52 Å². The van der Waals surface area contributed by atoms with Crippen LogP contribution in [0, 0.1) is 12.7 Å². The van der Waals surface area contributed by atoms with Gasteiger partial charge in [0.05, 0.1) is 11.0 Å². The summed E-state index contributed by atoms with van der Waals surface area (Å²) in [5.41, 5.74) is 1.85. The van der Waals surface area contributed by atoms with Gasteiger partial charge in [0.15, 0.2) is 0 Å². The Balaban J connectivity index is 2.66. The van der Waals surface area contributed by atoms with Gasteiger partial charge in [-0.05, 0) is 31.2 Å². The number of halogens is 1. The van der Waals surface area contributed by atoms with E-state index in [1.807, 2.05) is 0 Å². The summed E-state index contributed by atoms with van der Waals surface area (Å²) in [6, 6.07) is 5.96. The number of aromatic nitrogens is 2. The lowest BCUT2D eigenvalue weighted by molar-refractivity contribution is 0.342. The van der Waals surface area contributed by atoms with Gasteiger partial charge >= 0.3 is 5.76 Å². The van der Waals surface area contributed by atoms with Gasteiger partial charge in [0, 0.05) is 5.39 Å². The van der Waals surface area contributed by atoms with Crippen molar-refractivity contribution in [3.8, 4) is 0 Å². The molecule has 2 heterocycles. The molecule has 0 atom stereocenters. The molecule has 3 aromatic rings. The normalized spacial score (nSPS) is 11.4. The first-order valence-electron chi connectivity index (χ1n) is 4.74. The first-order chi connectivity index (χ1) is 7.66. The Labute approximate surface area is 88.9 Å². The first kappa shape index (κ1) is 9.08. The molecule has 80 valence electrons. The van der Waals surface area contributed by atoms with Gasteiger partial charge in [0.25, 0.3) is 0 Å². The Morgan fingerprint density at radius 1 is 1.31 bits per heavy atom. The highest BCUT2D eigenvalue weighted by Gasteiger charge is 2.10. The van der Waals surface area contributed by atoms with Crippen LogP contribution in [0.5, 0.6) is 0 Å². The molecule has 0 spiro atoms. The van der Waals surface area contributed by atoms with E-state index in [2.05, 4.69) is 9.68 Å². The highest BCUT2D eigenvalue weighted by molar-refractivity contribution is 5.87. The maximum absolute atomic E-state index is 13.0. The van der Waals surface area contributed by atoms with Crippen LogP contribution in [0.2, 0.25) is 0 Å². The molecule has 0 fully saturated rings. The maximum atomic E-state index is 13.0. The molecule has 2 aromatic heterocycles. The van der Waals surface area contributed by atoms with E-state index in [-0.39, 0.29) is 5.82 Å². The van der Waals surface area contributed by atoms with Crippen molar-refractivity contribution in [3.63, 3.8) is 0 Å². The van der Waals surface area contributed by atoms with Crippen LogP contribution < -0.4 is 5.76 Å². The minimum atomic E-state index is -0.567. The molecule has 0 saturated carbocycles. The topological polar surface area (TPSA) is 47.5 Å². The van der Waals surface area contributed by atoms with Crippen LogP contribution in [0.4, 0.5) is 4.39 Å². The number of fused-ring (bicyclic) bond motifs is 3.